The van der Waals surface area contributed by atoms with Crippen molar-refractivity contribution < 1.29 is 5.21 Å². The van der Waals surface area contributed by atoms with E-state index in [4.69, 9.17) is 4.98 Å². The van der Waals surface area contributed by atoms with Crippen molar-refractivity contribution >= 4 is 0 Å². The summed E-state index contributed by atoms with van der Waals surface area (Å²) in [5.41, 5.74) is 9.13. The van der Waals surface area contributed by atoms with Crippen molar-refractivity contribution in [2.75, 3.05) is 6.54 Å². The molecule has 6 heteroatoms. The van der Waals surface area contributed by atoms with Gasteiger partial charge in [0.1, 0.15) is 5.82 Å². The Labute approximate surface area is 218 Å². The van der Waals surface area contributed by atoms with Crippen LogP contribution in [0.2, 0.25) is 0 Å². The second kappa shape index (κ2) is 9.49. The summed E-state index contributed by atoms with van der Waals surface area (Å²) in [5.74, 6) is 2.51. The highest BCUT2D eigenvalue weighted by Crippen LogP contribution is 2.37. The molecule has 0 amide bonds. The molecule has 7 rings (SSSR count). The van der Waals surface area contributed by atoms with Crippen molar-refractivity contribution in [1.82, 2.24) is 25.0 Å². The SMILES string of the molecule is On1c([C@@H]2CCCN2)nc2c1CCCCc1cc(-c3ccc(-c4cnc(C5CCCC5)[nH]4)cc3)ccc1-2. The molecule has 0 radical (unpaired) electrons. The van der Waals surface area contributed by atoms with Crippen molar-refractivity contribution in [3.05, 3.63) is 71.6 Å². The minimum Gasteiger partial charge on any atom is -0.427 e. The third-order valence-electron chi connectivity index (χ3n) is 8.68. The molecule has 1 aliphatic heterocycles. The van der Waals surface area contributed by atoms with Crippen molar-refractivity contribution in [1.29, 1.82) is 0 Å². The van der Waals surface area contributed by atoms with Gasteiger partial charge in [0.15, 0.2) is 5.82 Å². The molecule has 1 saturated heterocycles. The van der Waals surface area contributed by atoms with Gasteiger partial charge in [-0.25, -0.2) is 9.97 Å². The minimum absolute atomic E-state index is 0.142. The maximum atomic E-state index is 11.0. The summed E-state index contributed by atoms with van der Waals surface area (Å²) in [6, 6.07) is 15.7. The van der Waals surface area contributed by atoms with Gasteiger partial charge in [-0.1, -0.05) is 55.3 Å². The van der Waals surface area contributed by atoms with E-state index < -0.39 is 0 Å². The van der Waals surface area contributed by atoms with E-state index in [0.29, 0.717) is 5.92 Å². The van der Waals surface area contributed by atoms with Crippen molar-refractivity contribution in [3.8, 4) is 33.6 Å². The van der Waals surface area contributed by atoms with Crippen LogP contribution >= 0.6 is 0 Å². The Hall–Kier alpha value is -3.38. The van der Waals surface area contributed by atoms with Crippen LogP contribution in [0.1, 0.15) is 86.2 Å². The lowest BCUT2D eigenvalue weighted by Crippen LogP contribution is -2.18. The van der Waals surface area contributed by atoms with E-state index in [2.05, 4.69) is 57.7 Å². The molecule has 0 unspecified atom stereocenters. The Morgan fingerprint density at radius 3 is 2.43 bits per heavy atom. The zero-order valence-corrected chi connectivity index (χ0v) is 21.3. The molecule has 0 bridgehead atoms. The Bertz CT molecular complexity index is 1400. The molecule has 3 N–H and O–H groups in total. The van der Waals surface area contributed by atoms with Gasteiger partial charge in [0, 0.05) is 11.5 Å². The van der Waals surface area contributed by atoms with E-state index in [1.807, 2.05) is 6.20 Å². The van der Waals surface area contributed by atoms with Crippen LogP contribution in [0.4, 0.5) is 0 Å². The predicted octanol–water partition coefficient (Wildman–Crippen LogP) is 6.81. The van der Waals surface area contributed by atoms with Crippen LogP contribution in [0.3, 0.4) is 0 Å². The zero-order chi connectivity index (χ0) is 24.8. The first-order valence-electron chi connectivity index (χ1n) is 14.1. The second-order valence-electron chi connectivity index (χ2n) is 11.0. The second-order valence-corrected chi connectivity index (χ2v) is 11.0. The summed E-state index contributed by atoms with van der Waals surface area (Å²) in [4.78, 5) is 13.3. The van der Waals surface area contributed by atoms with Crippen molar-refractivity contribution in [3.63, 3.8) is 0 Å². The summed E-state index contributed by atoms with van der Waals surface area (Å²) >= 11 is 0. The Balaban J connectivity index is 1.18. The minimum atomic E-state index is 0.142. The van der Waals surface area contributed by atoms with Gasteiger partial charge >= 0.3 is 0 Å². The van der Waals surface area contributed by atoms with Crippen LogP contribution < -0.4 is 5.32 Å². The van der Waals surface area contributed by atoms with Crippen LogP contribution in [0.15, 0.2) is 48.7 Å². The number of hydrogen-bond donors (Lipinski definition) is 3. The normalized spacial score (nSPS) is 19.9. The number of aromatic amines is 1. The third-order valence-corrected chi connectivity index (χ3v) is 8.68. The van der Waals surface area contributed by atoms with E-state index in [9.17, 15) is 5.21 Å². The molecule has 0 spiro atoms. The third kappa shape index (κ3) is 4.17. The molecule has 2 fully saturated rings. The van der Waals surface area contributed by atoms with Crippen LogP contribution in [0.25, 0.3) is 33.6 Å². The maximum Gasteiger partial charge on any atom is 0.162 e. The Morgan fingerprint density at radius 2 is 1.62 bits per heavy atom. The molecule has 6 nitrogen and oxygen atoms in total. The highest BCUT2D eigenvalue weighted by atomic mass is 16.5. The Morgan fingerprint density at radius 1 is 0.838 bits per heavy atom. The number of aromatic nitrogens is 4. The summed E-state index contributed by atoms with van der Waals surface area (Å²) < 4.78 is 1.38. The molecule has 2 aromatic carbocycles. The first-order chi connectivity index (χ1) is 18.2. The van der Waals surface area contributed by atoms with E-state index in [1.54, 1.807) is 0 Å². The number of fused-ring (bicyclic) bond motifs is 3. The fraction of sp³-hybridized carbons (Fsp3) is 0.419. The van der Waals surface area contributed by atoms with E-state index in [-0.39, 0.29) is 6.04 Å². The van der Waals surface area contributed by atoms with Crippen LogP contribution in [0, 0.1) is 0 Å². The van der Waals surface area contributed by atoms with E-state index >= 15 is 0 Å². The smallest absolute Gasteiger partial charge is 0.162 e. The summed E-state index contributed by atoms with van der Waals surface area (Å²) in [6.07, 6.45) is 13.4. The topological polar surface area (TPSA) is 78.8 Å². The average molecular weight is 494 g/mol. The van der Waals surface area contributed by atoms with Gasteiger partial charge in [0.2, 0.25) is 0 Å². The molecular weight excluding hydrogens is 458 g/mol. The first kappa shape index (κ1) is 22.8. The van der Waals surface area contributed by atoms with E-state index in [1.165, 1.54) is 58.2 Å². The van der Waals surface area contributed by atoms with Crippen molar-refractivity contribution in [2.24, 2.45) is 0 Å². The molecule has 4 aromatic rings. The molecular formula is C31H35N5O. The van der Waals surface area contributed by atoms with Gasteiger partial charge in [-0.15, -0.1) is 0 Å². The highest BCUT2D eigenvalue weighted by Gasteiger charge is 2.28. The summed E-state index contributed by atoms with van der Waals surface area (Å²) in [5, 5.41) is 14.5. The van der Waals surface area contributed by atoms with Crippen LogP contribution in [-0.4, -0.2) is 31.4 Å². The molecule has 3 aliphatic rings. The quantitative estimate of drug-likeness (QED) is 0.273. The monoisotopic (exact) mass is 493 g/mol. The lowest BCUT2D eigenvalue weighted by molar-refractivity contribution is 0.160. The molecule has 37 heavy (non-hydrogen) atoms. The largest absolute Gasteiger partial charge is 0.427 e. The first-order valence-corrected chi connectivity index (χ1v) is 14.1. The summed E-state index contributed by atoms with van der Waals surface area (Å²) in [7, 11) is 0. The van der Waals surface area contributed by atoms with Gasteiger partial charge in [0.25, 0.3) is 0 Å². The maximum absolute atomic E-state index is 11.0. The fourth-order valence-electron chi connectivity index (χ4n) is 6.59. The Kier molecular flexibility index (Phi) is 5.85. The van der Waals surface area contributed by atoms with Gasteiger partial charge in [-0.3, -0.25) is 0 Å². The highest BCUT2D eigenvalue weighted by molar-refractivity contribution is 5.75. The number of rotatable bonds is 4. The predicted molar refractivity (Wildman–Crippen MR) is 146 cm³/mol. The zero-order valence-electron chi connectivity index (χ0n) is 21.3. The standard InChI is InChI=1S/C31H35N5O/c37-36-28-10-4-3-8-24-18-23(15-16-25(24)29(28)35-31(36)26-9-5-17-32-26)20-11-13-21(14-12-20)27-19-33-30(34-27)22-6-1-2-7-22/h11-16,18-19,22,26,32,37H,1-10,17H2,(H,33,34)/t26-/m0/s1. The molecule has 2 aliphatic carbocycles. The van der Waals surface area contributed by atoms with E-state index in [0.717, 1.165) is 73.8 Å². The number of nitrogens with zero attached hydrogens (tertiary/aromatic N) is 3. The van der Waals surface area contributed by atoms with Crippen LogP contribution in [0.5, 0.6) is 0 Å². The lowest BCUT2D eigenvalue weighted by atomic mass is 9.90. The molecule has 2 aromatic heterocycles. The fourth-order valence-corrected chi connectivity index (χ4v) is 6.59. The molecule has 1 saturated carbocycles. The number of nitrogens with one attached hydrogen (secondary N) is 2. The van der Waals surface area contributed by atoms with Crippen molar-refractivity contribution in [2.45, 2.75) is 76.2 Å². The van der Waals surface area contributed by atoms with Gasteiger partial charge in [-0.2, -0.15) is 4.73 Å². The molecule has 1 atom stereocenters. The number of aryl methyl sites for hydroxylation is 1. The van der Waals surface area contributed by atoms with Gasteiger partial charge in [0.05, 0.1) is 29.3 Å². The number of benzene rings is 2. The van der Waals surface area contributed by atoms with Gasteiger partial charge < -0.3 is 15.5 Å². The summed E-state index contributed by atoms with van der Waals surface area (Å²) in [6.45, 7) is 0.989. The number of H-pyrrole nitrogens is 1. The lowest BCUT2D eigenvalue weighted by Gasteiger charge is -2.16. The van der Waals surface area contributed by atoms with Crippen LogP contribution in [-0.2, 0) is 12.8 Å². The average Bonchev–Trinajstić information content (AvgIpc) is 3.73. The number of hydrogen-bond acceptors (Lipinski definition) is 4. The number of imidazole rings is 2. The molecule has 3 heterocycles. The molecule has 190 valence electrons. The van der Waals surface area contributed by atoms with Gasteiger partial charge in [-0.05, 0) is 80.2 Å².